The number of halogens is 1. The van der Waals surface area contributed by atoms with Crippen molar-refractivity contribution in [3.05, 3.63) is 59.4 Å². The Morgan fingerprint density at radius 2 is 1.61 bits per heavy atom. The van der Waals surface area contributed by atoms with Crippen molar-refractivity contribution in [3.63, 3.8) is 0 Å². The summed E-state index contributed by atoms with van der Waals surface area (Å²) in [6.07, 6.45) is 2.55. The Labute approximate surface area is 211 Å². The number of ether oxygens (including phenoxy) is 2. The molecule has 2 saturated heterocycles. The number of para-hydroxylation sites is 1. The largest absolute Gasteiger partial charge is 0.496 e. The van der Waals surface area contributed by atoms with Crippen LogP contribution in [0.25, 0.3) is 0 Å². The molecule has 36 heavy (non-hydrogen) atoms. The summed E-state index contributed by atoms with van der Waals surface area (Å²) in [4.78, 5) is 32.3. The second kappa shape index (κ2) is 10.1. The first-order chi connectivity index (χ1) is 17.4. The van der Waals surface area contributed by atoms with E-state index in [4.69, 9.17) is 9.47 Å². The van der Waals surface area contributed by atoms with Crippen LogP contribution in [-0.4, -0.2) is 80.0 Å². The Bertz CT molecular complexity index is 1120. The Balaban J connectivity index is 1.10. The predicted molar refractivity (Wildman–Crippen MR) is 133 cm³/mol. The molecule has 2 heterocycles. The number of nitrogens with zero attached hydrogens (tertiary/aromatic N) is 3. The van der Waals surface area contributed by atoms with Gasteiger partial charge in [-0.2, -0.15) is 0 Å². The molecule has 1 spiro atoms. The zero-order valence-electron chi connectivity index (χ0n) is 21.0. The molecule has 1 saturated carbocycles. The number of methoxy groups -OCH3 is 2. The maximum Gasteiger partial charge on any atom is 0.253 e. The highest BCUT2D eigenvalue weighted by Gasteiger charge is 2.59. The number of piperidine rings is 1. The zero-order valence-corrected chi connectivity index (χ0v) is 21.0. The summed E-state index contributed by atoms with van der Waals surface area (Å²) < 4.78 is 24.5. The lowest BCUT2D eigenvalue weighted by Crippen LogP contribution is -2.49. The van der Waals surface area contributed by atoms with Gasteiger partial charge in [0, 0.05) is 62.9 Å². The fourth-order valence-corrected chi connectivity index (χ4v) is 5.81. The highest BCUT2D eigenvalue weighted by Crippen LogP contribution is 2.60. The summed E-state index contributed by atoms with van der Waals surface area (Å²) in [5.41, 5.74) is 1.52. The van der Waals surface area contributed by atoms with Gasteiger partial charge in [-0.25, -0.2) is 4.39 Å². The van der Waals surface area contributed by atoms with Crippen LogP contribution in [0.2, 0.25) is 0 Å². The molecule has 0 radical (unpaired) electrons. The molecule has 2 aromatic rings. The zero-order chi connectivity index (χ0) is 25.3. The minimum Gasteiger partial charge on any atom is -0.496 e. The molecular formula is C28H34FN3O4. The van der Waals surface area contributed by atoms with Crippen molar-refractivity contribution in [2.24, 2.45) is 11.3 Å². The van der Waals surface area contributed by atoms with E-state index in [9.17, 15) is 14.0 Å². The van der Waals surface area contributed by atoms with Gasteiger partial charge in [0.25, 0.3) is 5.91 Å². The molecule has 7 nitrogen and oxygen atoms in total. The Morgan fingerprint density at radius 3 is 2.28 bits per heavy atom. The molecule has 3 aliphatic rings. The van der Waals surface area contributed by atoms with E-state index < -0.39 is 5.82 Å². The fraction of sp³-hybridized carbons (Fsp3) is 0.500. The number of hydrogen-bond donors (Lipinski definition) is 0. The maximum atomic E-state index is 14.0. The summed E-state index contributed by atoms with van der Waals surface area (Å²) in [6.45, 7) is 5.21. The topological polar surface area (TPSA) is 62.3 Å². The van der Waals surface area contributed by atoms with E-state index in [0.29, 0.717) is 18.7 Å². The Morgan fingerprint density at radius 1 is 0.917 bits per heavy atom. The number of hydrogen-bond acceptors (Lipinski definition) is 5. The predicted octanol–water partition coefficient (Wildman–Crippen LogP) is 3.43. The van der Waals surface area contributed by atoms with Crippen LogP contribution < -0.4 is 9.47 Å². The van der Waals surface area contributed by atoms with Gasteiger partial charge in [-0.1, -0.05) is 18.2 Å². The fourth-order valence-electron chi connectivity index (χ4n) is 5.81. The van der Waals surface area contributed by atoms with Crippen LogP contribution in [0.4, 0.5) is 4.39 Å². The molecule has 8 heteroatoms. The first kappa shape index (κ1) is 24.6. The van der Waals surface area contributed by atoms with E-state index in [1.54, 1.807) is 18.1 Å². The van der Waals surface area contributed by atoms with Crippen LogP contribution in [0, 0.1) is 17.2 Å². The van der Waals surface area contributed by atoms with Gasteiger partial charge in [0.2, 0.25) is 5.91 Å². The van der Waals surface area contributed by atoms with Gasteiger partial charge in [0.05, 0.1) is 14.2 Å². The minimum atomic E-state index is -0.535. The summed E-state index contributed by atoms with van der Waals surface area (Å²) in [7, 11) is 3.10. The molecule has 2 aliphatic heterocycles. The van der Waals surface area contributed by atoms with E-state index in [1.165, 1.54) is 24.8 Å². The second-order valence-electron chi connectivity index (χ2n) is 10.2. The van der Waals surface area contributed by atoms with Crippen LogP contribution in [0.3, 0.4) is 0 Å². The van der Waals surface area contributed by atoms with Crippen molar-refractivity contribution in [1.29, 1.82) is 0 Å². The highest BCUT2D eigenvalue weighted by atomic mass is 19.1. The van der Waals surface area contributed by atoms with Crippen LogP contribution in [0.15, 0.2) is 42.5 Å². The number of carbonyl (C=O) groups is 2. The van der Waals surface area contributed by atoms with Gasteiger partial charge in [0.1, 0.15) is 5.75 Å². The number of likely N-dealkylation sites (tertiary alicyclic amines) is 1. The quantitative estimate of drug-likeness (QED) is 0.615. The average molecular weight is 496 g/mol. The van der Waals surface area contributed by atoms with E-state index in [-0.39, 0.29) is 28.9 Å². The number of piperazine rings is 1. The summed E-state index contributed by atoms with van der Waals surface area (Å²) in [5.74, 6) is 0.661. The smallest absolute Gasteiger partial charge is 0.253 e. The summed E-state index contributed by atoms with van der Waals surface area (Å²) >= 11 is 0. The minimum absolute atomic E-state index is 0.0214. The molecule has 192 valence electrons. The molecule has 2 aromatic carbocycles. The Hall–Kier alpha value is -3.13. The van der Waals surface area contributed by atoms with Gasteiger partial charge in [-0.3, -0.25) is 14.5 Å². The third kappa shape index (κ3) is 4.78. The molecule has 0 aromatic heterocycles. The lowest BCUT2D eigenvalue weighted by molar-refractivity contribution is -0.135. The van der Waals surface area contributed by atoms with Crippen molar-refractivity contribution >= 4 is 11.8 Å². The third-order valence-electron chi connectivity index (χ3n) is 8.20. The van der Waals surface area contributed by atoms with Gasteiger partial charge in [-0.05, 0) is 48.9 Å². The third-order valence-corrected chi connectivity index (χ3v) is 8.20. The van der Waals surface area contributed by atoms with Gasteiger partial charge in [-0.15, -0.1) is 0 Å². The van der Waals surface area contributed by atoms with Crippen molar-refractivity contribution in [1.82, 2.24) is 14.7 Å². The first-order valence-electron chi connectivity index (χ1n) is 12.7. The van der Waals surface area contributed by atoms with Crippen molar-refractivity contribution in [2.75, 3.05) is 53.5 Å². The van der Waals surface area contributed by atoms with Crippen molar-refractivity contribution < 1.29 is 23.5 Å². The van der Waals surface area contributed by atoms with Crippen LogP contribution in [0.1, 0.15) is 35.2 Å². The molecule has 3 fully saturated rings. The number of amides is 2. The summed E-state index contributed by atoms with van der Waals surface area (Å²) in [5, 5.41) is 0. The van der Waals surface area contributed by atoms with E-state index >= 15 is 0 Å². The van der Waals surface area contributed by atoms with Crippen LogP contribution >= 0.6 is 0 Å². The summed E-state index contributed by atoms with van der Waals surface area (Å²) in [6, 6.07) is 12.4. The van der Waals surface area contributed by atoms with Crippen molar-refractivity contribution in [2.45, 2.75) is 25.8 Å². The normalized spacial score (nSPS) is 21.4. The highest BCUT2D eigenvalue weighted by molar-refractivity contribution is 5.94. The standard InChI is InChI=1S/C28H34FN3O4/c1-35-24-6-4-3-5-21(24)19-30-13-15-32(16-14-30)27(34)22-18-28(22)9-11-31(12-10-28)26(33)20-7-8-25(36-2)23(29)17-20/h3-8,17,22H,9-16,18-19H2,1-2H3. The Kier molecular flexibility index (Phi) is 6.88. The van der Waals surface area contributed by atoms with Crippen LogP contribution in [0.5, 0.6) is 11.5 Å². The molecule has 1 unspecified atom stereocenters. The number of benzene rings is 2. The molecule has 2 amide bonds. The molecule has 1 aliphatic carbocycles. The van der Waals surface area contributed by atoms with E-state index in [1.807, 2.05) is 23.1 Å². The van der Waals surface area contributed by atoms with Gasteiger partial charge >= 0.3 is 0 Å². The lowest BCUT2D eigenvalue weighted by atomic mass is 9.90. The maximum absolute atomic E-state index is 14.0. The molecular weight excluding hydrogens is 461 g/mol. The van der Waals surface area contributed by atoms with Gasteiger partial charge in [0.15, 0.2) is 11.6 Å². The lowest BCUT2D eigenvalue weighted by Gasteiger charge is -2.36. The molecule has 1 atom stereocenters. The second-order valence-corrected chi connectivity index (χ2v) is 10.2. The van der Waals surface area contributed by atoms with E-state index in [2.05, 4.69) is 11.0 Å². The molecule has 5 rings (SSSR count). The van der Waals surface area contributed by atoms with E-state index in [0.717, 1.165) is 57.7 Å². The van der Waals surface area contributed by atoms with Crippen LogP contribution in [-0.2, 0) is 11.3 Å². The SMILES string of the molecule is COc1ccc(C(=O)N2CCC3(CC2)CC3C(=O)N2CCN(Cc3ccccc3OC)CC2)cc1F. The average Bonchev–Trinajstić information content (AvgIpc) is 3.61. The monoisotopic (exact) mass is 495 g/mol. The number of carbonyl (C=O) groups excluding carboxylic acids is 2. The molecule has 0 bridgehead atoms. The first-order valence-corrected chi connectivity index (χ1v) is 12.7. The van der Waals surface area contributed by atoms with Crippen molar-refractivity contribution in [3.8, 4) is 11.5 Å². The molecule has 0 N–H and O–H groups in total. The number of rotatable bonds is 6. The van der Waals surface area contributed by atoms with Gasteiger partial charge < -0.3 is 19.3 Å².